The number of rotatable bonds is 22. The van der Waals surface area contributed by atoms with Crippen molar-refractivity contribution in [1.29, 1.82) is 0 Å². The zero-order chi connectivity index (χ0) is 38.9. The molecule has 0 aromatic heterocycles. The number of ether oxygens (including phenoxy) is 7. The molecule has 0 radical (unpaired) electrons. The third-order valence-corrected chi connectivity index (χ3v) is 10.0. The van der Waals surface area contributed by atoms with Gasteiger partial charge in [-0.1, -0.05) is 158 Å². The molecular weight excluding hydrogens is 717 g/mol. The Bertz CT molecular complexity index is 2010. The minimum Gasteiger partial charge on any atom is -0.390 e. The van der Waals surface area contributed by atoms with Crippen LogP contribution in [0, 0.1) is 0 Å². The second-order valence-electron chi connectivity index (χ2n) is 14.4. The third kappa shape index (κ3) is 12.6. The van der Waals surface area contributed by atoms with Crippen LogP contribution in [0.15, 0.2) is 164 Å². The minimum atomic E-state index is -0.731. The summed E-state index contributed by atoms with van der Waals surface area (Å²) in [4.78, 5) is 0. The molecule has 6 atom stereocenters. The van der Waals surface area contributed by atoms with Crippen LogP contribution >= 0.6 is 0 Å². The van der Waals surface area contributed by atoms with Crippen LogP contribution in [0.1, 0.15) is 34.2 Å². The lowest BCUT2D eigenvalue weighted by Gasteiger charge is -2.34. The molecular formula is C49H52O8. The maximum absolute atomic E-state index is 10.9. The van der Waals surface area contributed by atoms with E-state index in [1.54, 1.807) is 0 Å². The summed E-state index contributed by atoms with van der Waals surface area (Å²) in [6.07, 6.45) is -3.37. The molecule has 4 unspecified atom stereocenters. The molecule has 296 valence electrons. The average molecular weight is 769 g/mol. The molecule has 1 N–H and O–H groups in total. The van der Waals surface area contributed by atoms with Gasteiger partial charge in [0.2, 0.25) is 0 Å². The van der Waals surface area contributed by atoms with Crippen LogP contribution in [0.25, 0.3) is 10.8 Å². The van der Waals surface area contributed by atoms with Gasteiger partial charge in [0.05, 0.1) is 59.0 Å². The molecule has 1 aliphatic rings. The Kier molecular flexibility index (Phi) is 15.4. The largest absolute Gasteiger partial charge is 0.390 e. The normalized spacial score (nSPS) is 18.4. The van der Waals surface area contributed by atoms with Crippen LogP contribution in [-0.4, -0.2) is 61.7 Å². The van der Waals surface area contributed by atoms with Crippen molar-refractivity contribution < 1.29 is 38.3 Å². The van der Waals surface area contributed by atoms with Gasteiger partial charge in [-0.15, -0.1) is 0 Å². The Morgan fingerprint density at radius 1 is 0.491 bits per heavy atom. The van der Waals surface area contributed by atoms with Gasteiger partial charge >= 0.3 is 0 Å². The maximum atomic E-state index is 10.9. The highest BCUT2D eigenvalue weighted by atomic mass is 16.7. The summed E-state index contributed by atoms with van der Waals surface area (Å²) in [6, 6.07) is 54.8. The molecule has 8 nitrogen and oxygen atoms in total. The lowest BCUT2D eigenvalue weighted by atomic mass is 10.1. The second kappa shape index (κ2) is 21.7. The lowest BCUT2D eigenvalue weighted by Crippen LogP contribution is -2.47. The average Bonchev–Trinajstić information content (AvgIpc) is 3.62. The van der Waals surface area contributed by atoms with Crippen molar-refractivity contribution in [2.45, 2.75) is 76.3 Å². The van der Waals surface area contributed by atoms with Gasteiger partial charge in [-0.3, -0.25) is 0 Å². The molecule has 1 heterocycles. The zero-order valence-electron chi connectivity index (χ0n) is 32.2. The summed E-state index contributed by atoms with van der Waals surface area (Å²) in [7, 11) is 0. The van der Waals surface area contributed by atoms with Crippen molar-refractivity contribution in [1.82, 2.24) is 0 Å². The Balaban J connectivity index is 1.09. The number of hydrogen-bond donors (Lipinski definition) is 1. The first-order chi connectivity index (χ1) is 28.2. The molecule has 0 aliphatic carbocycles. The number of hydrogen-bond acceptors (Lipinski definition) is 8. The van der Waals surface area contributed by atoms with Crippen molar-refractivity contribution in [3.05, 3.63) is 192 Å². The second-order valence-corrected chi connectivity index (χ2v) is 14.4. The lowest BCUT2D eigenvalue weighted by molar-refractivity contribution is -0.207. The van der Waals surface area contributed by atoms with Gasteiger partial charge in [0.1, 0.15) is 24.4 Å². The molecule has 1 aliphatic heterocycles. The minimum absolute atomic E-state index is 0.122. The van der Waals surface area contributed by atoms with Crippen molar-refractivity contribution in [3.8, 4) is 0 Å². The highest BCUT2D eigenvalue weighted by Gasteiger charge is 2.38. The number of aliphatic hydroxyl groups is 1. The highest BCUT2D eigenvalue weighted by molar-refractivity contribution is 5.82. The Morgan fingerprint density at radius 2 is 0.982 bits per heavy atom. The van der Waals surface area contributed by atoms with Crippen LogP contribution < -0.4 is 0 Å². The van der Waals surface area contributed by atoms with Gasteiger partial charge < -0.3 is 38.3 Å². The number of benzene rings is 6. The van der Waals surface area contributed by atoms with Crippen LogP contribution in [0.2, 0.25) is 0 Å². The van der Waals surface area contributed by atoms with Crippen LogP contribution in [0.4, 0.5) is 0 Å². The summed E-state index contributed by atoms with van der Waals surface area (Å²) in [6.45, 7) is 2.44. The standard InChI is InChI=1S/C49H52O8/c50-44-28-48(57-45(44)34-51-29-37-15-5-1-6-16-37)55-36-47(54-32-39-19-9-3-10-20-39)49(56-33-40-21-11-4-12-22-40)46(53-31-38-17-7-2-8-18-38)35-52-30-41-25-26-42-23-13-14-24-43(42)27-41/h1-27,44-50H,28-36H2/t44?,45-,46?,47?,48-,49?/m1/s1. The molecule has 0 amide bonds. The van der Waals surface area contributed by atoms with Gasteiger partial charge in [-0.05, 0) is 44.7 Å². The zero-order valence-corrected chi connectivity index (χ0v) is 32.2. The third-order valence-electron chi connectivity index (χ3n) is 10.0. The Hall–Kier alpha value is -4.74. The van der Waals surface area contributed by atoms with E-state index in [1.165, 1.54) is 5.39 Å². The quantitative estimate of drug-likeness (QED) is 0.0734. The Morgan fingerprint density at radius 3 is 1.58 bits per heavy atom. The van der Waals surface area contributed by atoms with Gasteiger partial charge in [-0.2, -0.15) is 0 Å². The molecule has 0 bridgehead atoms. The summed E-state index contributed by atoms with van der Waals surface area (Å²) in [5.74, 6) is 0. The maximum Gasteiger partial charge on any atom is 0.160 e. The summed E-state index contributed by atoms with van der Waals surface area (Å²) >= 11 is 0. The fourth-order valence-corrected chi connectivity index (χ4v) is 6.89. The SMILES string of the molecule is OC1C[C@H](OCC(OCc2ccccc2)C(OCc2ccccc2)C(COCc2ccc3ccccc3c2)OCc2ccccc2)O[C@@H]1COCc1ccccc1. The summed E-state index contributed by atoms with van der Waals surface area (Å²) < 4.78 is 45.3. The van der Waals surface area contributed by atoms with E-state index in [2.05, 4.69) is 30.3 Å². The fourth-order valence-electron chi connectivity index (χ4n) is 6.89. The van der Waals surface area contributed by atoms with E-state index in [0.717, 1.165) is 33.2 Å². The van der Waals surface area contributed by atoms with E-state index in [1.807, 2.05) is 133 Å². The highest BCUT2D eigenvalue weighted by Crippen LogP contribution is 2.26. The van der Waals surface area contributed by atoms with Crippen LogP contribution in [-0.2, 0) is 66.2 Å². The smallest absolute Gasteiger partial charge is 0.160 e. The monoisotopic (exact) mass is 768 g/mol. The van der Waals surface area contributed by atoms with Gasteiger partial charge in [0.15, 0.2) is 6.29 Å². The fraction of sp³-hybridized carbons (Fsp3) is 0.306. The van der Waals surface area contributed by atoms with Crippen molar-refractivity contribution in [2.24, 2.45) is 0 Å². The van der Waals surface area contributed by atoms with E-state index in [4.69, 9.17) is 33.2 Å². The molecule has 0 saturated carbocycles. The molecule has 8 heteroatoms. The number of aliphatic hydroxyl groups excluding tert-OH is 1. The van der Waals surface area contributed by atoms with Gasteiger partial charge in [0.25, 0.3) is 0 Å². The molecule has 1 saturated heterocycles. The van der Waals surface area contributed by atoms with Crippen molar-refractivity contribution in [2.75, 3.05) is 19.8 Å². The van der Waals surface area contributed by atoms with E-state index < -0.39 is 36.8 Å². The van der Waals surface area contributed by atoms with Crippen molar-refractivity contribution >= 4 is 10.8 Å². The van der Waals surface area contributed by atoms with E-state index in [9.17, 15) is 5.11 Å². The molecule has 0 spiro atoms. The van der Waals surface area contributed by atoms with E-state index in [-0.39, 0.29) is 19.8 Å². The van der Waals surface area contributed by atoms with Crippen LogP contribution in [0.5, 0.6) is 0 Å². The van der Waals surface area contributed by atoms with Gasteiger partial charge in [-0.25, -0.2) is 0 Å². The predicted molar refractivity (Wildman–Crippen MR) is 220 cm³/mol. The van der Waals surface area contributed by atoms with Crippen molar-refractivity contribution in [3.63, 3.8) is 0 Å². The first kappa shape index (κ1) is 40.5. The van der Waals surface area contributed by atoms with E-state index in [0.29, 0.717) is 39.5 Å². The first-order valence-electron chi connectivity index (χ1n) is 19.7. The van der Waals surface area contributed by atoms with E-state index >= 15 is 0 Å². The molecule has 57 heavy (non-hydrogen) atoms. The first-order valence-corrected chi connectivity index (χ1v) is 19.7. The van der Waals surface area contributed by atoms with Gasteiger partial charge in [0, 0.05) is 6.42 Å². The van der Waals surface area contributed by atoms with Crippen LogP contribution in [0.3, 0.4) is 0 Å². The summed E-state index contributed by atoms with van der Waals surface area (Å²) in [5.41, 5.74) is 5.19. The molecule has 6 aromatic carbocycles. The topological polar surface area (TPSA) is 84.8 Å². The Labute approximate surface area is 335 Å². The molecule has 1 fully saturated rings. The predicted octanol–water partition coefficient (Wildman–Crippen LogP) is 8.82. The molecule has 7 rings (SSSR count). The summed E-state index contributed by atoms with van der Waals surface area (Å²) in [5, 5.41) is 13.3. The number of fused-ring (bicyclic) bond motifs is 1. The molecule has 6 aromatic rings.